The fourth-order valence-electron chi connectivity index (χ4n) is 2.31. The first-order valence-electron chi connectivity index (χ1n) is 7.96. The molecule has 1 N–H and O–H groups in total. The number of halogens is 1. The van der Waals surface area contributed by atoms with Crippen LogP contribution in [0.1, 0.15) is 15.9 Å². The number of Topliss-reactive ketones (excluding diaryl/α,β-unsaturated/α-hetero) is 1. The van der Waals surface area contributed by atoms with E-state index < -0.39 is 17.8 Å². The van der Waals surface area contributed by atoms with Gasteiger partial charge in [0.05, 0.1) is 20.3 Å². The number of carbonyl (C=O) groups excluding carboxylic acids is 3. The number of nitrogens with one attached hydrogen (secondary N) is 1. The van der Waals surface area contributed by atoms with Crippen LogP contribution < -0.4 is 5.32 Å². The number of rotatable bonds is 7. The second kappa shape index (κ2) is 9.28. The van der Waals surface area contributed by atoms with E-state index in [-0.39, 0.29) is 29.2 Å². The van der Waals surface area contributed by atoms with Crippen LogP contribution in [-0.2, 0) is 25.5 Å². The molecule has 0 bridgehead atoms. The number of esters is 2. The van der Waals surface area contributed by atoms with Gasteiger partial charge in [-0.25, -0.2) is 14.0 Å². The van der Waals surface area contributed by atoms with Crippen LogP contribution in [0.25, 0.3) is 0 Å². The van der Waals surface area contributed by atoms with Gasteiger partial charge in [0.15, 0.2) is 5.78 Å². The molecule has 0 aromatic heterocycles. The highest BCUT2D eigenvalue weighted by atomic mass is 19.1. The standard InChI is InChI=1S/C20H18FNO5/c1-26-19(24)12-17(20(25)27-2)22-16-9-8-14(21)11-15(16)18(23)10-13-6-4-3-5-7-13/h3-9,11-12,22H,10H2,1-2H3/b17-12+. The molecular weight excluding hydrogens is 353 g/mol. The molecule has 0 saturated carbocycles. The predicted molar refractivity (Wildman–Crippen MR) is 96.6 cm³/mol. The summed E-state index contributed by atoms with van der Waals surface area (Å²) in [6.45, 7) is 0. The van der Waals surface area contributed by atoms with E-state index in [0.717, 1.165) is 38.0 Å². The molecular formula is C20H18FNO5. The number of hydrogen-bond donors (Lipinski definition) is 1. The number of ether oxygens (including phenoxy) is 2. The van der Waals surface area contributed by atoms with E-state index in [1.165, 1.54) is 6.07 Å². The van der Waals surface area contributed by atoms with Gasteiger partial charge in [-0.2, -0.15) is 0 Å². The van der Waals surface area contributed by atoms with Gasteiger partial charge in [-0.05, 0) is 23.8 Å². The Morgan fingerprint density at radius 3 is 2.37 bits per heavy atom. The summed E-state index contributed by atoms with van der Waals surface area (Å²) in [6, 6.07) is 12.5. The highest BCUT2D eigenvalue weighted by molar-refractivity contribution is 6.05. The summed E-state index contributed by atoms with van der Waals surface area (Å²) in [6.07, 6.45) is 0.938. The third-order valence-electron chi connectivity index (χ3n) is 3.63. The third-order valence-corrected chi connectivity index (χ3v) is 3.63. The van der Waals surface area contributed by atoms with Crippen LogP contribution in [0.3, 0.4) is 0 Å². The average Bonchev–Trinajstić information content (AvgIpc) is 2.68. The molecule has 7 heteroatoms. The summed E-state index contributed by atoms with van der Waals surface area (Å²) in [5.74, 6) is -2.59. The highest BCUT2D eigenvalue weighted by Crippen LogP contribution is 2.21. The molecule has 0 atom stereocenters. The minimum Gasteiger partial charge on any atom is -0.466 e. The lowest BCUT2D eigenvalue weighted by atomic mass is 10.0. The molecule has 0 amide bonds. The Morgan fingerprint density at radius 2 is 1.74 bits per heavy atom. The molecule has 140 valence electrons. The zero-order valence-corrected chi connectivity index (χ0v) is 14.8. The fourth-order valence-corrected chi connectivity index (χ4v) is 2.31. The summed E-state index contributed by atoms with van der Waals surface area (Å²) >= 11 is 0. The summed E-state index contributed by atoms with van der Waals surface area (Å²) in [4.78, 5) is 36.0. The van der Waals surface area contributed by atoms with Crippen molar-refractivity contribution in [2.75, 3.05) is 19.5 Å². The van der Waals surface area contributed by atoms with Crippen LogP contribution in [-0.4, -0.2) is 31.9 Å². The number of hydrogen-bond acceptors (Lipinski definition) is 6. The molecule has 0 saturated heterocycles. The first-order chi connectivity index (χ1) is 12.9. The van der Waals surface area contributed by atoms with Crippen LogP contribution in [0, 0.1) is 5.82 Å². The van der Waals surface area contributed by atoms with E-state index in [2.05, 4.69) is 14.8 Å². The van der Waals surface area contributed by atoms with Crippen LogP contribution in [0.15, 0.2) is 60.3 Å². The van der Waals surface area contributed by atoms with E-state index in [0.29, 0.717) is 0 Å². The van der Waals surface area contributed by atoms with Crippen molar-refractivity contribution < 1.29 is 28.2 Å². The summed E-state index contributed by atoms with van der Waals surface area (Å²) < 4.78 is 22.8. The molecule has 2 aromatic carbocycles. The van der Waals surface area contributed by atoms with Gasteiger partial charge in [-0.1, -0.05) is 30.3 Å². The number of methoxy groups -OCH3 is 2. The zero-order valence-electron chi connectivity index (χ0n) is 14.8. The van der Waals surface area contributed by atoms with Crippen molar-refractivity contribution in [3.8, 4) is 0 Å². The van der Waals surface area contributed by atoms with Crippen LogP contribution in [0.4, 0.5) is 10.1 Å². The molecule has 0 aliphatic carbocycles. The van der Waals surface area contributed by atoms with Crippen molar-refractivity contribution in [1.82, 2.24) is 0 Å². The van der Waals surface area contributed by atoms with Gasteiger partial charge in [0.1, 0.15) is 11.5 Å². The lowest BCUT2D eigenvalue weighted by Crippen LogP contribution is -2.17. The van der Waals surface area contributed by atoms with Crippen molar-refractivity contribution in [2.45, 2.75) is 6.42 Å². The summed E-state index contributed by atoms with van der Waals surface area (Å²) in [5.41, 5.74) is 0.720. The summed E-state index contributed by atoms with van der Waals surface area (Å²) in [5, 5.41) is 2.66. The van der Waals surface area contributed by atoms with Gasteiger partial charge < -0.3 is 14.8 Å². The fraction of sp³-hybridized carbons (Fsp3) is 0.150. The maximum Gasteiger partial charge on any atom is 0.354 e. The van der Waals surface area contributed by atoms with Crippen molar-refractivity contribution >= 4 is 23.4 Å². The minimum atomic E-state index is -0.841. The van der Waals surface area contributed by atoms with Crippen molar-refractivity contribution in [3.63, 3.8) is 0 Å². The van der Waals surface area contributed by atoms with Gasteiger partial charge >= 0.3 is 11.9 Å². The largest absolute Gasteiger partial charge is 0.466 e. The highest BCUT2D eigenvalue weighted by Gasteiger charge is 2.18. The Hall–Kier alpha value is -3.48. The Bertz CT molecular complexity index is 877. The van der Waals surface area contributed by atoms with Crippen LogP contribution in [0.2, 0.25) is 0 Å². The second-order valence-corrected chi connectivity index (χ2v) is 5.47. The van der Waals surface area contributed by atoms with Crippen LogP contribution >= 0.6 is 0 Å². The molecule has 27 heavy (non-hydrogen) atoms. The lowest BCUT2D eigenvalue weighted by molar-refractivity contribution is -0.138. The molecule has 0 spiro atoms. The van der Waals surface area contributed by atoms with E-state index in [9.17, 15) is 18.8 Å². The SMILES string of the molecule is COC(=O)/C=C(/Nc1ccc(F)cc1C(=O)Cc1ccccc1)C(=O)OC. The van der Waals surface area contributed by atoms with Gasteiger partial charge in [-0.3, -0.25) is 4.79 Å². The first-order valence-corrected chi connectivity index (χ1v) is 7.96. The Labute approximate surface area is 155 Å². The van der Waals surface area contributed by atoms with Gasteiger partial charge in [0.2, 0.25) is 0 Å². The van der Waals surface area contributed by atoms with Gasteiger partial charge in [0.25, 0.3) is 0 Å². The van der Waals surface area contributed by atoms with E-state index in [1.54, 1.807) is 24.3 Å². The average molecular weight is 371 g/mol. The number of carbonyl (C=O) groups is 3. The maximum atomic E-state index is 13.7. The molecule has 0 aliphatic heterocycles. The maximum absolute atomic E-state index is 13.7. The third kappa shape index (κ3) is 5.50. The van der Waals surface area contributed by atoms with E-state index >= 15 is 0 Å². The molecule has 2 rings (SSSR count). The molecule has 0 heterocycles. The zero-order chi connectivity index (χ0) is 19.8. The molecule has 0 unspecified atom stereocenters. The topological polar surface area (TPSA) is 81.7 Å². The molecule has 2 aromatic rings. The Balaban J connectivity index is 2.36. The van der Waals surface area contributed by atoms with Gasteiger partial charge in [0, 0.05) is 17.7 Å². The predicted octanol–water partition coefficient (Wildman–Crippen LogP) is 2.89. The molecule has 0 radical (unpaired) electrons. The first kappa shape index (κ1) is 19.8. The second-order valence-electron chi connectivity index (χ2n) is 5.47. The smallest absolute Gasteiger partial charge is 0.354 e. The van der Waals surface area contributed by atoms with Gasteiger partial charge in [-0.15, -0.1) is 0 Å². The number of benzene rings is 2. The monoisotopic (exact) mass is 371 g/mol. The normalized spacial score (nSPS) is 10.9. The van der Waals surface area contributed by atoms with E-state index in [1.807, 2.05) is 6.07 Å². The number of ketones is 1. The molecule has 0 fully saturated rings. The van der Waals surface area contributed by atoms with E-state index in [4.69, 9.17) is 0 Å². The molecule has 6 nitrogen and oxygen atoms in total. The molecule has 0 aliphatic rings. The van der Waals surface area contributed by atoms with Crippen molar-refractivity contribution in [2.24, 2.45) is 0 Å². The van der Waals surface area contributed by atoms with Crippen molar-refractivity contribution in [3.05, 3.63) is 77.2 Å². The minimum absolute atomic E-state index is 0.0403. The number of anilines is 1. The quantitative estimate of drug-likeness (QED) is 0.458. The Kier molecular flexibility index (Phi) is 6.82. The van der Waals surface area contributed by atoms with Crippen molar-refractivity contribution in [1.29, 1.82) is 0 Å². The lowest BCUT2D eigenvalue weighted by Gasteiger charge is -2.13. The van der Waals surface area contributed by atoms with Crippen LogP contribution in [0.5, 0.6) is 0 Å². The summed E-state index contributed by atoms with van der Waals surface area (Å²) in [7, 11) is 2.29. The Morgan fingerprint density at radius 1 is 1.04 bits per heavy atom.